The van der Waals surface area contributed by atoms with Crippen molar-refractivity contribution in [3.8, 4) is 0 Å². The molecule has 1 heterocycles. The van der Waals surface area contributed by atoms with Gasteiger partial charge in [-0.3, -0.25) is 0 Å². The minimum Gasteiger partial charge on any atom is -0.406 e. The molecule has 0 aromatic carbocycles. The number of rotatable bonds is 7. The van der Waals surface area contributed by atoms with Gasteiger partial charge >= 0.3 is 8.25 Å². The second-order valence-corrected chi connectivity index (χ2v) is 12.8. The fourth-order valence-corrected chi connectivity index (χ4v) is 3.75. The maximum absolute atomic E-state index is 13.9. The maximum atomic E-state index is 13.9. The average Bonchev–Trinajstić information content (AvgIpc) is 3.00. The first-order valence-corrected chi connectivity index (χ1v) is 12.5. The summed E-state index contributed by atoms with van der Waals surface area (Å²) in [6.45, 7) is 14.0. The van der Waals surface area contributed by atoms with Crippen LogP contribution in [0.1, 0.15) is 47.5 Å². The Morgan fingerprint density at radius 2 is 1.69 bits per heavy atom. The lowest BCUT2D eigenvalue weighted by molar-refractivity contribution is -0.0764. The number of aromatic nitrogens is 3. The average molecular weight is 414 g/mol. The molecular formula is C15H31F2N3O4PSi+. The Morgan fingerprint density at radius 1 is 1.23 bits per heavy atom. The van der Waals surface area contributed by atoms with Gasteiger partial charge in [-0.05, 0) is 31.0 Å². The molecule has 0 aliphatic heterocycles. The molecule has 26 heavy (non-hydrogen) atoms. The second kappa shape index (κ2) is 9.94. The van der Waals surface area contributed by atoms with E-state index in [0.29, 0.717) is 12.8 Å². The van der Waals surface area contributed by atoms with Crippen molar-refractivity contribution in [1.29, 1.82) is 0 Å². The van der Waals surface area contributed by atoms with E-state index in [9.17, 15) is 8.78 Å². The largest absolute Gasteiger partial charge is 0.692 e. The molecule has 1 aromatic rings. The monoisotopic (exact) mass is 414 g/mol. The molecule has 0 saturated heterocycles. The van der Waals surface area contributed by atoms with E-state index in [1.807, 2.05) is 26.9 Å². The molecule has 0 aliphatic carbocycles. The normalized spacial score (nSPS) is 14.0. The third kappa shape index (κ3) is 6.42. The summed E-state index contributed by atoms with van der Waals surface area (Å²) in [5, 5.41) is 4.00. The van der Waals surface area contributed by atoms with Gasteiger partial charge in [-0.1, -0.05) is 34.6 Å². The lowest BCUT2D eigenvalue weighted by atomic mass is 9.87. The van der Waals surface area contributed by atoms with Crippen LogP contribution < -0.4 is 0 Å². The molecule has 1 aromatic heterocycles. The topological polar surface area (TPSA) is 97.5 Å². The van der Waals surface area contributed by atoms with Crippen LogP contribution in [-0.2, 0) is 14.5 Å². The van der Waals surface area contributed by atoms with E-state index in [2.05, 4.69) is 30.9 Å². The maximum Gasteiger partial charge on any atom is 0.692 e. The van der Waals surface area contributed by atoms with Crippen LogP contribution in [0.25, 0.3) is 0 Å². The standard InChI is InChI=1S/C15H29F2N3OSi.HO3P/c1-8-15(9-2,20-11-18-10-19-20)12(13(16)17)21-22(6,7)14(3,4)5;1-4(2)3/h10-13H,8-9H2,1-7H3;(H-,1,2,3)/p+1. The summed E-state index contributed by atoms with van der Waals surface area (Å²) in [5.74, 6) is 0. The molecular weight excluding hydrogens is 383 g/mol. The van der Waals surface area contributed by atoms with E-state index in [1.165, 1.54) is 12.7 Å². The fraction of sp³-hybridized carbons (Fsp3) is 0.867. The molecule has 1 rings (SSSR count). The van der Waals surface area contributed by atoms with Gasteiger partial charge in [0.1, 0.15) is 18.8 Å². The number of hydrogen-bond donors (Lipinski definition) is 2. The van der Waals surface area contributed by atoms with Gasteiger partial charge in [-0.25, -0.2) is 18.4 Å². The Balaban J connectivity index is 0.00000141. The van der Waals surface area contributed by atoms with Crippen LogP contribution in [0, 0.1) is 0 Å². The van der Waals surface area contributed by atoms with Gasteiger partial charge in [0.15, 0.2) is 8.32 Å². The van der Waals surface area contributed by atoms with Crippen LogP contribution in [0.5, 0.6) is 0 Å². The van der Waals surface area contributed by atoms with Crippen LogP contribution in [0.4, 0.5) is 8.78 Å². The highest BCUT2D eigenvalue weighted by Gasteiger charge is 2.50. The van der Waals surface area contributed by atoms with E-state index in [0.717, 1.165) is 0 Å². The smallest absolute Gasteiger partial charge is 0.406 e. The number of halogens is 2. The predicted octanol–water partition coefficient (Wildman–Crippen LogP) is 4.08. The quantitative estimate of drug-likeness (QED) is 0.515. The molecule has 0 radical (unpaired) electrons. The molecule has 0 amide bonds. The van der Waals surface area contributed by atoms with Crippen molar-refractivity contribution in [2.75, 3.05) is 0 Å². The van der Waals surface area contributed by atoms with Crippen molar-refractivity contribution >= 4 is 16.6 Å². The molecule has 0 aliphatic rings. The first kappa shape index (κ1) is 25.2. The molecule has 0 fully saturated rings. The van der Waals surface area contributed by atoms with Gasteiger partial charge in [0.2, 0.25) is 0 Å². The zero-order chi connectivity index (χ0) is 20.8. The first-order valence-electron chi connectivity index (χ1n) is 8.41. The third-order valence-corrected chi connectivity index (χ3v) is 9.54. The van der Waals surface area contributed by atoms with E-state index >= 15 is 0 Å². The highest BCUT2D eigenvalue weighted by Crippen LogP contribution is 2.42. The van der Waals surface area contributed by atoms with E-state index in [-0.39, 0.29) is 5.04 Å². The Morgan fingerprint density at radius 3 is 1.96 bits per heavy atom. The highest BCUT2D eigenvalue weighted by molar-refractivity contribution is 7.30. The summed E-state index contributed by atoms with van der Waals surface area (Å²) < 4.78 is 44.2. The molecule has 11 heteroatoms. The molecule has 1 atom stereocenters. The summed E-state index contributed by atoms with van der Waals surface area (Å²) in [5.41, 5.74) is -0.875. The third-order valence-electron chi connectivity index (χ3n) is 5.09. The lowest BCUT2D eigenvalue weighted by Crippen LogP contribution is -2.56. The van der Waals surface area contributed by atoms with Gasteiger partial charge in [-0.15, -0.1) is 9.79 Å². The minimum absolute atomic E-state index is 0.129. The molecule has 0 spiro atoms. The highest BCUT2D eigenvalue weighted by atomic mass is 31.1. The van der Waals surface area contributed by atoms with Crippen LogP contribution >= 0.6 is 8.25 Å². The first-order chi connectivity index (χ1) is 11.7. The Labute approximate surface area is 155 Å². The Kier molecular flexibility index (Phi) is 9.63. The summed E-state index contributed by atoms with van der Waals surface area (Å²) in [6, 6.07) is 0. The van der Waals surface area contributed by atoms with E-state index in [4.69, 9.17) is 18.8 Å². The van der Waals surface area contributed by atoms with E-state index < -0.39 is 34.6 Å². The zero-order valence-corrected chi connectivity index (χ0v) is 18.4. The summed E-state index contributed by atoms with van der Waals surface area (Å²) >= 11 is 0. The van der Waals surface area contributed by atoms with Crippen molar-refractivity contribution in [1.82, 2.24) is 14.8 Å². The molecule has 1 unspecified atom stereocenters. The second-order valence-electron chi connectivity index (χ2n) is 7.54. The van der Waals surface area contributed by atoms with Crippen molar-refractivity contribution < 1.29 is 27.6 Å². The molecule has 0 saturated carbocycles. The zero-order valence-electron chi connectivity index (χ0n) is 16.5. The fourth-order valence-electron chi connectivity index (χ4n) is 2.43. The summed E-state index contributed by atoms with van der Waals surface area (Å²) in [6.07, 6.45) is 0.155. The van der Waals surface area contributed by atoms with Crippen LogP contribution in [-0.4, -0.2) is 45.4 Å². The molecule has 2 N–H and O–H groups in total. The Hall–Kier alpha value is -0.803. The van der Waals surface area contributed by atoms with Gasteiger partial charge in [0.05, 0.1) is 5.54 Å². The van der Waals surface area contributed by atoms with Crippen LogP contribution in [0.15, 0.2) is 12.7 Å². The van der Waals surface area contributed by atoms with Crippen molar-refractivity contribution in [2.24, 2.45) is 0 Å². The number of alkyl halides is 2. The van der Waals surface area contributed by atoms with Gasteiger partial charge < -0.3 is 4.43 Å². The Bertz CT molecular complexity index is 546. The van der Waals surface area contributed by atoms with Crippen molar-refractivity contribution in [3.05, 3.63) is 12.7 Å². The SMILES string of the molecule is CCC(CC)(C(O[Si](C)(C)C(C)(C)C)C(F)F)n1cncn1.O=[P+](O)O. The van der Waals surface area contributed by atoms with Crippen molar-refractivity contribution in [3.63, 3.8) is 0 Å². The van der Waals surface area contributed by atoms with Crippen LogP contribution in [0.3, 0.4) is 0 Å². The molecule has 152 valence electrons. The molecule has 0 bridgehead atoms. The number of nitrogens with zero attached hydrogens (tertiary/aromatic N) is 3. The minimum atomic E-state index is -2.87. The van der Waals surface area contributed by atoms with Crippen molar-refractivity contribution in [2.45, 2.75) is 83.7 Å². The van der Waals surface area contributed by atoms with E-state index in [1.54, 1.807) is 4.68 Å². The number of hydrogen-bond acceptors (Lipinski definition) is 4. The van der Waals surface area contributed by atoms with Gasteiger partial charge in [0, 0.05) is 4.57 Å². The van der Waals surface area contributed by atoms with Crippen LogP contribution in [0.2, 0.25) is 18.1 Å². The summed E-state index contributed by atoms with van der Waals surface area (Å²) in [4.78, 5) is 18.2. The van der Waals surface area contributed by atoms with Gasteiger partial charge in [-0.2, -0.15) is 5.10 Å². The molecule has 7 nitrogen and oxygen atoms in total. The predicted molar refractivity (Wildman–Crippen MR) is 98.7 cm³/mol. The van der Waals surface area contributed by atoms with Gasteiger partial charge in [0.25, 0.3) is 6.43 Å². The summed E-state index contributed by atoms with van der Waals surface area (Å²) in [7, 11) is -5.20. The lowest BCUT2D eigenvalue weighted by Gasteiger charge is -2.46.